The highest BCUT2D eigenvalue weighted by atomic mass is 32.2. The molecule has 0 bridgehead atoms. The van der Waals surface area contributed by atoms with E-state index >= 15 is 0 Å². The van der Waals surface area contributed by atoms with Gasteiger partial charge >= 0.3 is 0 Å². The summed E-state index contributed by atoms with van der Waals surface area (Å²) in [5.41, 5.74) is 0.448. The highest BCUT2D eigenvalue weighted by Gasteiger charge is 2.40. The largest absolute Gasteiger partial charge is 0.497 e. The molecular formula is C25H25N3O7S. The molecule has 1 aliphatic rings. The summed E-state index contributed by atoms with van der Waals surface area (Å²) in [6.07, 6.45) is 1.27. The van der Waals surface area contributed by atoms with Crippen molar-refractivity contribution in [1.29, 1.82) is 0 Å². The third-order valence-electron chi connectivity index (χ3n) is 5.81. The van der Waals surface area contributed by atoms with E-state index in [1.54, 1.807) is 35.2 Å². The van der Waals surface area contributed by atoms with Gasteiger partial charge in [-0.05, 0) is 42.5 Å². The Balaban J connectivity index is 1.51. The first kappa shape index (κ1) is 25.0. The number of hydrogen-bond donors (Lipinski definition) is 1. The van der Waals surface area contributed by atoms with Crippen molar-refractivity contribution in [2.75, 3.05) is 33.3 Å². The average Bonchev–Trinajstić information content (AvgIpc) is 3.47. The van der Waals surface area contributed by atoms with E-state index in [2.05, 4.69) is 5.32 Å². The molecule has 3 amide bonds. The number of furan rings is 1. The summed E-state index contributed by atoms with van der Waals surface area (Å²) in [7, 11) is -2.76. The number of rotatable bonds is 7. The zero-order valence-corrected chi connectivity index (χ0v) is 20.3. The van der Waals surface area contributed by atoms with Gasteiger partial charge in [-0.1, -0.05) is 24.3 Å². The van der Waals surface area contributed by atoms with Gasteiger partial charge in [-0.25, -0.2) is 8.42 Å². The predicted molar refractivity (Wildman–Crippen MR) is 129 cm³/mol. The Hall–Kier alpha value is -4.12. The van der Waals surface area contributed by atoms with Gasteiger partial charge in [-0.2, -0.15) is 0 Å². The summed E-state index contributed by atoms with van der Waals surface area (Å²) in [6, 6.07) is 17.0. The molecular weight excluding hydrogens is 486 g/mol. The van der Waals surface area contributed by atoms with Gasteiger partial charge in [0.2, 0.25) is 15.2 Å². The van der Waals surface area contributed by atoms with Gasteiger partial charge in [0.1, 0.15) is 5.75 Å². The molecule has 1 unspecified atom stereocenters. The number of nitrogens with zero attached hydrogens (tertiary/aromatic N) is 2. The van der Waals surface area contributed by atoms with E-state index in [0.29, 0.717) is 11.3 Å². The summed E-state index contributed by atoms with van der Waals surface area (Å²) >= 11 is 0. The molecule has 2 heterocycles. The summed E-state index contributed by atoms with van der Waals surface area (Å²) in [5, 5.41) is 0.459. The highest BCUT2D eigenvalue weighted by molar-refractivity contribution is 7.92. The van der Waals surface area contributed by atoms with E-state index < -0.39 is 27.0 Å². The number of piperazine rings is 1. The molecule has 1 aromatic heterocycles. The quantitative estimate of drug-likeness (QED) is 0.513. The van der Waals surface area contributed by atoms with E-state index in [0.717, 1.165) is 0 Å². The lowest BCUT2D eigenvalue weighted by Gasteiger charge is -2.36. The molecule has 0 saturated carbocycles. The van der Waals surface area contributed by atoms with Crippen molar-refractivity contribution in [1.82, 2.24) is 15.1 Å². The van der Waals surface area contributed by atoms with Crippen LogP contribution < -0.4 is 10.1 Å². The van der Waals surface area contributed by atoms with Crippen molar-refractivity contribution in [3.05, 3.63) is 84.3 Å². The van der Waals surface area contributed by atoms with Crippen LogP contribution in [0.5, 0.6) is 5.75 Å². The fourth-order valence-electron chi connectivity index (χ4n) is 3.85. The fraction of sp³-hybridized carbons (Fsp3) is 0.240. The van der Waals surface area contributed by atoms with Crippen LogP contribution in [0.2, 0.25) is 0 Å². The first-order valence-corrected chi connectivity index (χ1v) is 12.7. The van der Waals surface area contributed by atoms with Crippen molar-refractivity contribution in [2.45, 2.75) is 10.3 Å². The molecule has 11 heteroatoms. The second-order valence-corrected chi connectivity index (χ2v) is 10.1. The second-order valence-electron chi connectivity index (χ2n) is 8.04. The smallest absolute Gasteiger partial charge is 0.288 e. The summed E-state index contributed by atoms with van der Waals surface area (Å²) in [4.78, 5) is 41.8. The third kappa shape index (κ3) is 5.25. The fourth-order valence-corrected chi connectivity index (χ4v) is 5.34. The van der Waals surface area contributed by atoms with E-state index in [9.17, 15) is 22.8 Å². The lowest BCUT2D eigenvalue weighted by atomic mass is 10.1. The van der Waals surface area contributed by atoms with Gasteiger partial charge < -0.3 is 24.3 Å². The Morgan fingerprint density at radius 3 is 2.25 bits per heavy atom. The lowest BCUT2D eigenvalue weighted by Crippen LogP contribution is -2.57. The van der Waals surface area contributed by atoms with Crippen molar-refractivity contribution in [2.24, 2.45) is 0 Å². The van der Waals surface area contributed by atoms with Crippen LogP contribution in [0.25, 0.3) is 0 Å². The average molecular weight is 512 g/mol. The predicted octanol–water partition coefficient (Wildman–Crippen LogP) is 1.80. The molecule has 10 nitrogen and oxygen atoms in total. The molecule has 4 rings (SSSR count). The Kier molecular flexibility index (Phi) is 7.39. The monoisotopic (exact) mass is 511 g/mol. The molecule has 1 saturated heterocycles. The summed E-state index contributed by atoms with van der Waals surface area (Å²) < 4.78 is 37.0. The van der Waals surface area contributed by atoms with Gasteiger partial charge in [0.15, 0.2) is 5.76 Å². The van der Waals surface area contributed by atoms with Crippen LogP contribution in [-0.4, -0.2) is 74.6 Å². The first-order valence-electron chi connectivity index (χ1n) is 11.2. The summed E-state index contributed by atoms with van der Waals surface area (Å²) in [6.45, 7) is 0.607. The van der Waals surface area contributed by atoms with Gasteiger partial charge in [0.05, 0.1) is 18.3 Å². The van der Waals surface area contributed by atoms with Crippen LogP contribution in [0.15, 0.2) is 82.3 Å². The van der Waals surface area contributed by atoms with Crippen LogP contribution >= 0.6 is 0 Å². The first-order chi connectivity index (χ1) is 17.3. The Labute approximate surface area is 208 Å². The standard InChI is InChI=1S/C25H25N3O7S/c1-34-19-8-5-7-18(17-19)24(30)27-12-14-28(15-13-27)25(31)23(26-22(29)21-11-6-16-35-21)36(32,33)20-9-3-2-4-10-20/h2-11,16-17,23H,12-15H2,1H3,(H,26,29). The van der Waals surface area contributed by atoms with Gasteiger partial charge in [-0.3, -0.25) is 14.4 Å². The third-order valence-corrected chi connectivity index (χ3v) is 7.68. The Morgan fingerprint density at radius 1 is 0.917 bits per heavy atom. The second kappa shape index (κ2) is 10.6. The van der Waals surface area contributed by atoms with E-state index in [4.69, 9.17) is 9.15 Å². The molecule has 1 fully saturated rings. The molecule has 0 aliphatic carbocycles. The van der Waals surface area contributed by atoms with Crippen molar-refractivity contribution < 1.29 is 32.0 Å². The molecule has 0 spiro atoms. The number of methoxy groups -OCH3 is 1. The number of benzene rings is 2. The molecule has 36 heavy (non-hydrogen) atoms. The normalized spacial score (nSPS) is 14.7. The maximum Gasteiger partial charge on any atom is 0.288 e. The number of carbonyl (C=O) groups excluding carboxylic acids is 3. The van der Waals surface area contributed by atoms with E-state index in [1.807, 2.05) is 0 Å². The molecule has 1 aliphatic heterocycles. The number of carbonyl (C=O) groups is 3. The number of nitrogens with one attached hydrogen (secondary N) is 1. The Morgan fingerprint density at radius 2 is 1.61 bits per heavy atom. The maximum atomic E-state index is 13.4. The number of sulfone groups is 1. The minimum Gasteiger partial charge on any atom is -0.497 e. The zero-order valence-electron chi connectivity index (χ0n) is 19.5. The van der Waals surface area contributed by atoms with Crippen LogP contribution in [0.3, 0.4) is 0 Å². The minimum absolute atomic E-state index is 0.102. The molecule has 3 aromatic rings. The SMILES string of the molecule is COc1cccc(C(=O)N2CCN(C(=O)C(NC(=O)c3ccco3)S(=O)(=O)c3ccccc3)CC2)c1. The minimum atomic E-state index is -4.28. The number of ether oxygens (including phenoxy) is 1. The van der Waals surface area contributed by atoms with Crippen molar-refractivity contribution >= 4 is 27.6 Å². The van der Waals surface area contributed by atoms with Crippen LogP contribution in [0, 0.1) is 0 Å². The molecule has 2 aromatic carbocycles. The van der Waals surface area contributed by atoms with Gasteiger partial charge in [0, 0.05) is 31.7 Å². The van der Waals surface area contributed by atoms with Crippen LogP contribution in [0.4, 0.5) is 0 Å². The lowest BCUT2D eigenvalue weighted by molar-refractivity contribution is -0.132. The van der Waals surface area contributed by atoms with Gasteiger partial charge in [0.25, 0.3) is 17.7 Å². The molecule has 1 N–H and O–H groups in total. The van der Waals surface area contributed by atoms with E-state index in [1.165, 1.54) is 54.7 Å². The van der Waals surface area contributed by atoms with Crippen LogP contribution in [-0.2, 0) is 14.6 Å². The van der Waals surface area contributed by atoms with Crippen molar-refractivity contribution in [3.63, 3.8) is 0 Å². The zero-order chi connectivity index (χ0) is 25.7. The Bertz CT molecular complexity index is 1330. The number of hydrogen-bond acceptors (Lipinski definition) is 7. The topological polar surface area (TPSA) is 126 Å². The van der Waals surface area contributed by atoms with Crippen molar-refractivity contribution in [3.8, 4) is 5.75 Å². The highest BCUT2D eigenvalue weighted by Crippen LogP contribution is 2.19. The van der Waals surface area contributed by atoms with E-state index in [-0.39, 0.29) is 42.7 Å². The molecule has 188 valence electrons. The number of amides is 3. The van der Waals surface area contributed by atoms with Gasteiger partial charge in [-0.15, -0.1) is 0 Å². The van der Waals surface area contributed by atoms with Crippen LogP contribution in [0.1, 0.15) is 20.9 Å². The summed E-state index contributed by atoms with van der Waals surface area (Å²) in [5.74, 6) is -1.40. The maximum absolute atomic E-state index is 13.4. The molecule has 1 atom stereocenters. The molecule has 0 radical (unpaired) electrons.